The van der Waals surface area contributed by atoms with E-state index in [2.05, 4.69) is 4.98 Å². The van der Waals surface area contributed by atoms with E-state index < -0.39 is 23.0 Å². The molecular weight excluding hydrogens is 504 g/mol. The minimum Gasteiger partial charge on any atom is -0.486 e. The van der Waals surface area contributed by atoms with E-state index in [4.69, 9.17) is 14.2 Å². The predicted molar refractivity (Wildman–Crippen MR) is 144 cm³/mol. The maximum atomic E-state index is 15.6. The molecule has 1 N–H and O–H groups in total. The van der Waals surface area contributed by atoms with Gasteiger partial charge in [0.15, 0.2) is 11.6 Å². The van der Waals surface area contributed by atoms with E-state index in [0.29, 0.717) is 29.5 Å². The van der Waals surface area contributed by atoms with Gasteiger partial charge >= 0.3 is 5.97 Å². The van der Waals surface area contributed by atoms with Gasteiger partial charge < -0.3 is 19.3 Å². The van der Waals surface area contributed by atoms with Gasteiger partial charge in [0.2, 0.25) is 5.88 Å². The molecule has 0 saturated heterocycles. The van der Waals surface area contributed by atoms with Gasteiger partial charge in [-0.3, -0.25) is 4.79 Å². The Bertz CT molecular complexity index is 1380. The minimum absolute atomic E-state index is 0.0569. The summed E-state index contributed by atoms with van der Waals surface area (Å²) in [5.41, 5.74) is 2.59. The number of aliphatic carboxylic acids is 1. The average molecular weight is 540 g/mol. The van der Waals surface area contributed by atoms with E-state index in [-0.39, 0.29) is 36.2 Å². The Balaban J connectivity index is 1.71. The molecular formula is C31H35F2NO5. The van der Waals surface area contributed by atoms with E-state index >= 15 is 4.39 Å². The summed E-state index contributed by atoms with van der Waals surface area (Å²) in [6, 6.07) is 10.5. The van der Waals surface area contributed by atoms with Crippen LogP contribution in [0, 0.1) is 17.0 Å². The summed E-state index contributed by atoms with van der Waals surface area (Å²) >= 11 is 0. The Morgan fingerprint density at radius 2 is 1.87 bits per heavy atom. The van der Waals surface area contributed by atoms with Crippen LogP contribution in [0.4, 0.5) is 8.78 Å². The molecule has 0 saturated carbocycles. The van der Waals surface area contributed by atoms with Gasteiger partial charge in [-0.05, 0) is 52.6 Å². The number of carboxylic acids is 1. The Labute approximate surface area is 227 Å². The third-order valence-electron chi connectivity index (χ3n) is 7.43. The molecule has 1 aromatic heterocycles. The van der Waals surface area contributed by atoms with Crippen LogP contribution < -0.4 is 9.47 Å². The number of carboxylic acid groups (broad SMARTS) is 1. The summed E-state index contributed by atoms with van der Waals surface area (Å²) in [6.07, 6.45) is 1.79. The molecule has 0 amide bonds. The average Bonchev–Trinajstić information content (AvgIpc) is 3.20. The number of hydrogen-bond donors (Lipinski definition) is 1. The van der Waals surface area contributed by atoms with Gasteiger partial charge in [-0.15, -0.1) is 0 Å². The number of fused-ring (bicyclic) bond motifs is 1. The first-order chi connectivity index (χ1) is 18.4. The van der Waals surface area contributed by atoms with Crippen LogP contribution in [-0.4, -0.2) is 30.3 Å². The summed E-state index contributed by atoms with van der Waals surface area (Å²) in [4.78, 5) is 15.4. The smallest absolute Gasteiger partial charge is 0.304 e. The normalized spacial score (nSPS) is 17.5. The highest BCUT2D eigenvalue weighted by molar-refractivity contribution is 5.70. The van der Waals surface area contributed by atoms with Crippen molar-refractivity contribution in [3.8, 4) is 22.8 Å². The second-order valence-electron chi connectivity index (χ2n) is 11.4. The monoisotopic (exact) mass is 539 g/mol. The zero-order chi connectivity index (χ0) is 28.5. The predicted octanol–water partition coefficient (Wildman–Crippen LogP) is 7.03. The van der Waals surface area contributed by atoms with Crippen LogP contribution in [0.3, 0.4) is 0 Å². The summed E-state index contributed by atoms with van der Waals surface area (Å²) < 4.78 is 47.6. The van der Waals surface area contributed by atoms with Crippen molar-refractivity contribution >= 4 is 5.97 Å². The van der Waals surface area contributed by atoms with Gasteiger partial charge in [-0.25, -0.2) is 13.8 Å². The van der Waals surface area contributed by atoms with Crippen LogP contribution in [0.1, 0.15) is 68.9 Å². The number of aryl methyl sites for hydroxylation is 1. The van der Waals surface area contributed by atoms with E-state index in [1.54, 1.807) is 38.3 Å². The lowest BCUT2D eigenvalue weighted by Gasteiger charge is -2.32. The number of nitrogens with zero attached hydrogens (tertiary/aromatic N) is 1. The lowest BCUT2D eigenvalue weighted by molar-refractivity contribution is -0.138. The SMILES string of the molecule is COc1cc(-c2ccc(COc3ccc4c(c3F)[C@](C)(CC(=O)O)CC4)cc2[C@H](OC)C(C)(C)C)c(F)cn1. The molecule has 0 aliphatic heterocycles. The highest BCUT2D eigenvalue weighted by Gasteiger charge is 2.40. The summed E-state index contributed by atoms with van der Waals surface area (Å²) in [7, 11) is 3.08. The van der Waals surface area contributed by atoms with Gasteiger partial charge in [-0.1, -0.05) is 45.9 Å². The highest BCUT2D eigenvalue weighted by Crippen LogP contribution is 2.45. The number of hydrogen-bond acceptors (Lipinski definition) is 5. The van der Waals surface area contributed by atoms with Gasteiger partial charge in [0.05, 0.1) is 25.8 Å². The number of carbonyl (C=O) groups is 1. The highest BCUT2D eigenvalue weighted by atomic mass is 19.1. The molecule has 1 aliphatic rings. The second kappa shape index (κ2) is 10.9. The third kappa shape index (κ3) is 5.76. The molecule has 8 heteroatoms. The standard InChI is InChI=1S/C31H35F2NO5/c1-30(2,3)29(38-6)22-13-18(7-9-20(22)21-14-25(37-5)34-16-23(21)32)17-39-24-10-8-19-11-12-31(4,15-26(35)36)27(19)28(24)33/h7-10,13-14,16,29H,11-12,15,17H2,1-6H3,(H,35,36)/t29-,31-/m0/s1. The van der Waals surface area contributed by atoms with E-state index in [1.165, 1.54) is 7.11 Å². The first kappa shape index (κ1) is 28.5. The molecule has 0 unspecified atom stereocenters. The number of aromatic nitrogens is 1. The molecule has 0 fully saturated rings. The molecule has 2 atom stereocenters. The van der Waals surface area contributed by atoms with Crippen LogP contribution in [-0.2, 0) is 28.0 Å². The van der Waals surface area contributed by atoms with Crippen molar-refractivity contribution in [2.75, 3.05) is 14.2 Å². The maximum absolute atomic E-state index is 15.6. The molecule has 1 aliphatic carbocycles. The zero-order valence-corrected chi connectivity index (χ0v) is 23.2. The third-order valence-corrected chi connectivity index (χ3v) is 7.43. The van der Waals surface area contributed by atoms with Crippen LogP contribution >= 0.6 is 0 Å². The fraction of sp³-hybridized carbons (Fsp3) is 0.419. The van der Waals surface area contributed by atoms with Gasteiger partial charge in [0, 0.05) is 29.7 Å². The Morgan fingerprint density at radius 3 is 2.51 bits per heavy atom. The molecule has 0 spiro atoms. The molecule has 3 aromatic rings. The van der Waals surface area contributed by atoms with Crippen molar-refractivity contribution in [3.63, 3.8) is 0 Å². The number of pyridine rings is 1. The zero-order valence-electron chi connectivity index (χ0n) is 23.2. The van der Waals surface area contributed by atoms with Crippen LogP contribution in [0.2, 0.25) is 0 Å². The lowest BCUT2D eigenvalue weighted by Crippen LogP contribution is -2.24. The number of benzene rings is 2. The first-order valence-corrected chi connectivity index (χ1v) is 12.9. The molecule has 1 heterocycles. The van der Waals surface area contributed by atoms with E-state index in [9.17, 15) is 14.3 Å². The van der Waals surface area contributed by atoms with Crippen molar-refractivity contribution < 1.29 is 32.9 Å². The lowest BCUT2D eigenvalue weighted by atomic mass is 9.80. The van der Waals surface area contributed by atoms with Crippen LogP contribution in [0.25, 0.3) is 11.1 Å². The van der Waals surface area contributed by atoms with Crippen molar-refractivity contribution in [2.24, 2.45) is 5.41 Å². The number of rotatable bonds is 9. The fourth-order valence-corrected chi connectivity index (χ4v) is 5.63. The molecule has 2 aromatic carbocycles. The second-order valence-corrected chi connectivity index (χ2v) is 11.4. The molecule has 208 valence electrons. The first-order valence-electron chi connectivity index (χ1n) is 12.9. The summed E-state index contributed by atoms with van der Waals surface area (Å²) in [5, 5.41) is 9.38. The van der Waals surface area contributed by atoms with Gasteiger partial charge in [0.1, 0.15) is 12.4 Å². The Kier molecular flexibility index (Phi) is 7.98. The fourth-order valence-electron chi connectivity index (χ4n) is 5.63. The Hall–Kier alpha value is -3.52. The molecule has 0 bridgehead atoms. The summed E-state index contributed by atoms with van der Waals surface area (Å²) in [5.74, 6) is -1.60. The molecule has 0 radical (unpaired) electrons. The maximum Gasteiger partial charge on any atom is 0.304 e. The van der Waals surface area contributed by atoms with E-state index in [1.807, 2.05) is 32.9 Å². The Morgan fingerprint density at radius 1 is 1.13 bits per heavy atom. The van der Waals surface area contributed by atoms with Crippen LogP contribution in [0.5, 0.6) is 11.6 Å². The van der Waals surface area contributed by atoms with Gasteiger partial charge in [0.25, 0.3) is 0 Å². The number of ether oxygens (including phenoxy) is 3. The van der Waals surface area contributed by atoms with Gasteiger partial charge in [-0.2, -0.15) is 0 Å². The topological polar surface area (TPSA) is 77.9 Å². The largest absolute Gasteiger partial charge is 0.486 e. The molecule has 6 nitrogen and oxygen atoms in total. The van der Waals surface area contributed by atoms with Crippen molar-refractivity contribution in [1.29, 1.82) is 0 Å². The summed E-state index contributed by atoms with van der Waals surface area (Å²) in [6.45, 7) is 7.94. The van der Waals surface area contributed by atoms with E-state index in [0.717, 1.165) is 22.9 Å². The molecule has 4 rings (SSSR count). The van der Waals surface area contributed by atoms with Crippen molar-refractivity contribution in [2.45, 2.75) is 65.1 Å². The van der Waals surface area contributed by atoms with Crippen molar-refractivity contribution in [3.05, 3.63) is 76.5 Å². The molecule has 39 heavy (non-hydrogen) atoms. The quantitative estimate of drug-likeness (QED) is 0.315. The van der Waals surface area contributed by atoms with Crippen LogP contribution in [0.15, 0.2) is 42.6 Å². The number of methoxy groups -OCH3 is 2. The van der Waals surface area contributed by atoms with Crippen molar-refractivity contribution in [1.82, 2.24) is 4.98 Å². The number of halogens is 2. The minimum atomic E-state index is -0.960.